The number of aromatic nitrogens is 2. The number of aliphatic hydroxyl groups is 2. The van der Waals surface area contributed by atoms with E-state index in [9.17, 15) is 9.90 Å². The fourth-order valence-electron chi connectivity index (χ4n) is 1.97. The zero-order valence-corrected chi connectivity index (χ0v) is 9.76. The lowest BCUT2D eigenvalue weighted by Crippen LogP contribution is -2.37. The molecule has 100 valence electrons. The molecule has 1 fully saturated rings. The Bertz CT molecular complexity index is 477. The number of aliphatic hydroxyl groups excluding tert-OH is 2. The van der Waals surface area contributed by atoms with Gasteiger partial charge in [-0.1, -0.05) is 0 Å². The smallest absolute Gasteiger partial charge is 0.351 e. The molecule has 1 saturated heterocycles. The summed E-state index contributed by atoms with van der Waals surface area (Å²) in [5.74, 6) is 0.0995. The maximum atomic E-state index is 11.7. The van der Waals surface area contributed by atoms with E-state index in [4.69, 9.17) is 20.3 Å². The fraction of sp³-hybridized carbons (Fsp3) is 0.600. The van der Waals surface area contributed by atoms with Crippen LogP contribution in [0, 0.1) is 0 Å². The first kappa shape index (κ1) is 13.0. The number of anilines is 1. The summed E-state index contributed by atoms with van der Waals surface area (Å²) in [6.45, 7) is -0.366. The number of hydrogen-bond donors (Lipinski definition) is 3. The molecule has 8 nitrogen and oxygen atoms in total. The van der Waals surface area contributed by atoms with Crippen LogP contribution in [0.3, 0.4) is 0 Å². The van der Waals surface area contributed by atoms with Gasteiger partial charge in [-0.2, -0.15) is 4.98 Å². The number of nitrogens with two attached hydrogens (primary N) is 1. The summed E-state index contributed by atoms with van der Waals surface area (Å²) in [5, 5.41) is 18.9. The number of methoxy groups -OCH3 is 1. The molecule has 0 amide bonds. The predicted octanol–water partition coefficient (Wildman–Crippen LogP) is -1.91. The minimum Gasteiger partial charge on any atom is -0.394 e. The number of nitrogens with zero attached hydrogens (tertiary/aromatic N) is 2. The van der Waals surface area contributed by atoms with Crippen LogP contribution in [-0.4, -0.2) is 51.8 Å². The zero-order chi connectivity index (χ0) is 13.3. The molecule has 0 saturated carbocycles. The first-order valence-electron chi connectivity index (χ1n) is 5.40. The van der Waals surface area contributed by atoms with Crippen molar-refractivity contribution in [3.63, 3.8) is 0 Å². The van der Waals surface area contributed by atoms with Gasteiger partial charge >= 0.3 is 5.69 Å². The summed E-state index contributed by atoms with van der Waals surface area (Å²) >= 11 is 0. The number of ether oxygens (including phenoxy) is 2. The van der Waals surface area contributed by atoms with Crippen LogP contribution in [0.25, 0.3) is 0 Å². The average molecular weight is 257 g/mol. The monoisotopic (exact) mass is 257 g/mol. The van der Waals surface area contributed by atoms with E-state index in [0.717, 1.165) is 0 Å². The van der Waals surface area contributed by atoms with E-state index < -0.39 is 30.2 Å². The molecule has 4 N–H and O–H groups in total. The van der Waals surface area contributed by atoms with Crippen molar-refractivity contribution >= 4 is 5.82 Å². The Morgan fingerprint density at radius 1 is 1.67 bits per heavy atom. The molecule has 18 heavy (non-hydrogen) atoms. The van der Waals surface area contributed by atoms with Crippen LogP contribution in [0.5, 0.6) is 0 Å². The molecule has 1 aromatic rings. The lowest BCUT2D eigenvalue weighted by atomic mass is 10.1. The van der Waals surface area contributed by atoms with Crippen LogP contribution in [0.2, 0.25) is 0 Å². The summed E-state index contributed by atoms with van der Waals surface area (Å²) in [5.41, 5.74) is 4.78. The first-order chi connectivity index (χ1) is 8.58. The lowest BCUT2D eigenvalue weighted by molar-refractivity contribution is -0.0624. The largest absolute Gasteiger partial charge is 0.394 e. The van der Waals surface area contributed by atoms with Crippen molar-refractivity contribution in [2.45, 2.75) is 24.5 Å². The molecule has 1 aliphatic rings. The van der Waals surface area contributed by atoms with Gasteiger partial charge in [-0.25, -0.2) is 4.79 Å². The molecular formula is C10H15N3O5. The normalized spacial score (nSPS) is 31.7. The topological polar surface area (TPSA) is 120 Å². The third-order valence-electron chi connectivity index (χ3n) is 2.89. The van der Waals surface area contributed by atoms with Crippen LogP contribution in [0.4, 0.5) is 5.82 Å². The summed E-state index contributed by atoms with van der Waals surface area (Å²) < 4.78 is 11.7. The zero-order valence-electron chi connectivity index (χ0n) is 9.76. The molecular weight excluding hydrogens is 242 g/mol. The molecule has 4 atom stereocenters. The Morgan fingerprint density at radius 3 is 2.94 bits per heavy atom. The first-order valence-corrected chi connectivity index (χ1v) is 5.40. The van der Waals surface area contributed by atoms with Crippen molar-refractivity contribution in [2.24, 2.45) is 0 Å². The average Bonchev–Trinajstić information content (AvgIpc) is 2.65. The van der Waals surface area contributed by atoms with Gasteiger partial charge < -0.3 is 25.4 Å². The summed E-state index contributed by atoms with van der Waals surface area (Å²) in [6.07, 6.45) is -2.01. The van der Waals surface area contributed by atoms with Crippen LogP contribution < -0.4 is 11.4 Å². The van der Waals surface area contributed by atoms with Gasteiger partial charge in [0.25, 0.3) is 0 Å². The maximum Gasteiger partial charge on any atom is 0.351 e. The molecule has 0 spiro atoms. The van der Waals surface area contributed by atoms with Gasteiger partial charge in [0.15, 0.2) is 6.23 Å². The molecule has 0 radical (unpaired) electrons. The minimum absolute atomic E-state index is 0.0995. The third kappa shape index (κ3) is 2.10. The van der Waals surface area contributed by atoms with Crippen molar-refractivity contribution in [3.8, 4) is 0 Å². The van der Waals surface area contributed by atoms with Gasteiger partial charge in [0.05, 0.1) is 6.61 Å². The Kier molecular flexibility index (Phi) is 3.62. The van der Waals surface area contributed by atoms with Crippen molar-refractivity contribution in [1.29, 1.82) is 0 Å². The highest BCUT2D eigenvalue weighted by Crippen LogP contribution is 2.30. The van der Waals surface area contributed by atoms with Gasteiger partial charge in [0, 0.05) is 13.3 Å². The standard InChI is InChI=1S/C10H15N3O5/c1-17-8-7(15)5(4-14)18-9(8)13-3-2-6(11)12-10(13)16/h2-3,5,7-9,14-15H,4H2,1H3,(H2,11,12,16)/t5-,7-,8-,9+/m1/s1. The second-order valence-corrected chi connectivity index (χ2v) is 3.98. The molecule has 0 unspecified atom stereocenters. The fourth-order valence-corrected chi connectivity index (χ4v) is 1.97. The number of rotatable bonds is 3. The van der Waals surface area contributed by atoms with Gasteiger partial charge in [-0.15, -0.1) is 0 Å². The third-order valence-corrected chi connectivity index (χ3v) is 2.89. The lowest BCUT2D eigenvalue weighted by Gasteiger charge is -2.20. The van der Waals surface area contributed by atoms with Crippen LogP contribution in [0.15, 0.2) is 17.1 Å². The highest BCUT2D eigenvalue weighted by molar-refractivity contribution is 5.23. The van der Waals surface area contributed by atoms with Crippen molar-refractivity contribution in [3.05, 3.63) is 22.7 Å². The van der Waals surface area contributed by atoms with E-state index in [1.54, 1.807) is 0 Å². The number of hydrogen-bond acceptors (Lipinski definition) is 7. The van der Waals surface area contributed by atoms with Gasteiger partial charge in [0.2, 0.25) is 0 Å². The Morgan fingerprint density at radius 2 is 2.39 bits per heavy atom. The SMILES string of the molecule is CO[C@@H]1[C@H](O)[C@@H](CO)O[C@@H]1n1ccc(N)nc1=O. The molecule has 0 aliphatic carbocycles. The maximum absolute atomic E-state index is 11.7. The quantitative estimate of drug-likeness (QED) is 0.578. The van der Waals surface area contributed by atoms with Crippen molar-refractivity contribution < 1.29 is 19.7 Å². The van der Waals surface area contributed by atoms with Crippen molar-refractivity contribution in [2.75, 3.05) is 19.5 Å². The summed E-state index contributed by atoms with van der Waals surface area (Å²) in [6, 6.07) is 1.44. The van der Waals surface area contributed by atoms with E-state index in [2.05, 4.69) is 4.98 Å². The molecule has 1 aliphatic heterocycles. The van der Waals surface area contributed by atoms with Crippen LogP contribution >= 0.6 is 0 Å². The minimum atomic E-state index is -1.02. The van der Waals surface area contributed by atoms with E-state index in [0.29, 0.717) is 0 Å². The summed E-state index contributed by atoms with van der Waals surface area (Å²) in [7, 11) is 1.39. The van der Waals surface area contributed by atoms with E-state index in [-0.39, 0.29) is 12.4 Å². The Balaban J connectivity index is 2.35. The van der Waals surface area contributed by atoms with Crippen LogP contribution in [0.1, 0.15) is 6.23 Å². The Labute approximate surface area is 103 Å². The molecule has 0 bridgehead atoms. The second-order valence-electron chi connectivity index (χ2n) is 3.98. The molecule has 2 rings (SSSR count). The van der Waals surface area contributed by atoms with Gasteiger partial charge in [-0.05, 0) is 6.07 Å². The van der Waals surface area contributed by atoms with E-state index >= 15 is 0 Å². The second kappa shape index (κ2) is 5.02. The van der Waals surface area contributed by atoms with Crippen LogP contribution in [-0.2, 0) is 9.47 Å². The summed E-state index contributed by atoms with van der Waals surface area (Å²) in [4.78, 5) is 15.3. The molecule has 0 aromatic carbocycles. The van der Waals surface area contributed by atoms with Gasteiger partial charge in [-0.3, -0.25) is 4.57 Å². The highest BCUT2D eigenvalue weighted by atomic mass is 16.6. The van der Waals surface area contributed by atoms with Gasteiger partial charge in [0.1, 0.15) is 24.1 Å². The van der Waals surface area contributed by atoms with Crippen molar-refractivity contribution in [1.82, 2.24) is 9.55 Å². The van der Waals surface area contributed by atoms with E-state index in [1.165, 1.54) is 23.9 Å². The number of nitrogen functional groups attached to an aromatic ring is 1. The highest BCUT2D eigenvalue weighted by Gasteiger charge is 2.45. The predicted molar refractivity (Wildman–Crippen MR) is 60.7 cm³/mol. The molecule has 2 heterocycles. The Hall–Kier alpha value is -1.48. The van der Waals surface area contributed by atoms with E-state index in [1.807, 2.05) is 0 Å². The molecule has 8 heteroatoms. The molecule has 1 aromatic heterocycles.